The Balaban J connectivity index is 2.50. The highest BCUT2D eigenvalue weighted by molar-refractivity contribution is 5.60. The van der Waals surface area contributed by atoms with Gasteiger partial charge in [-0.3, -0.25) is 4.68 Å². The molecule has 2 aromatic heterocycles. The molecule has 1 atom stereocenters. The third-order valence-corrected chi connectivity index (χ3v) is 2.82. The van der Waals surface area contributed by atoms with Crippen LogP contribution in [0.4, 0.5) is 0 Å². The molecule has 2 rings (SSSR count). The Hall–Kier alpha value is -1.66. The van der Waals surface area contributed by atoms with Crippen LogP contribution in [0.5, 0.6) is 0 Å². The van der Waals surface area contributed by atoms with E-state index in [2.05, 4.69) is 10.3 Å². The average Bonchev–Trinajstić information content (AvgIpc) is 2.85. The molecule has 2 heterocycles. The summed E-state index contributed by atoms with van der Waals surface area (Å²) in [7, 11) is 1.81. The minimum absolute atomic E-state index is 0.423. The molecule has 0 saturated carbocycles. The van der Waals surface area contributed by atoms with Gasteiger partial charge in [0.05, 0.1) is 5.56 Å². The predicted molar refractivity (Wildman–Crippen MR) is 64.8 cm³/mol. The summed E-state index contributed by atoms with van der Waals surface area (Å²) >= 11 is 0. The number of aliphatic hydroxyl groups excluding tert-OH is 1. The van der Waals surface area contributed by atoms with E-state index >= 15 is 0 Å². The normalized spacial score (nSPS) is 12.9. The summed E-state index contributed by atoms with van der Waals surface area (Å²) in [6, 6.07) is 1.78. The van der Waals surface area contributed by atoms with E-state index in [4.69, 9.17) is 9.26 Å². The van der Waals surface area contributed by atoms with E-state index in [1.807, 2.05) is 27.8 Å². The van der Waals surface area contributed by atoms with E-state index in [9.17, 15) is 5.11 Å². The van der Waals surface area contributed by atoms with Crippen molar-refractivity contribution in [1.82, 2.24) is 14.9 Å². The largest absolute Gasteiger partial charge is 0.364 e. The first-order valence-electron chi connectivity index (χ1n) is 5.81. The van der Waals surface area contributed by atoms with Crippen molar-refractivity contribution in [2.45, 2.75) is 27.1 Å². The number of ether oxygens (including phenoxy) is 1. The lowest BCUT2D eigenvalue weighted by Gasteiger charge is -2.11. The summed E-state index contributed by atoms with van der Waals surface area (Å²) < 4.78 is 12.0. The molecule has 0 amide bonds. The zero-order chi connectivity index (χ0) is 13.3. The van der Waals surface area contributed by atoms with Crippen molar-refractivity contribution in [2.24, 2.45) is 7.05 Å². The minimum atomic E-state index is -1.00. The highest BCUT2D eigenvalue weighted by Crippen LogP contribution is 2.30. The van der Waals surface area contributed by atoms with Crippen molar-refractivity contribution in [3.8, 4) is 11.4 Å². The van der Waals surface area contributed by atoms with E-state index < -0.39 is 6.29 Å². The summed E-state index contributed by atoms with van der Waals surface area (Å²) in [6.07, 6.45) is -1.00. The van der Waals surface area contributed by atoms with Crippen molar-refractivity contribution in [3.63, 3.8) is 0 Å². The highest BCUT2D eigenvalue weighted by atomic mass is 16.6. The maximum atomic E-state index is 10.0. The van der Waals surface area contributed by atoms with Crippen LogP contribution in [-0.4, -0.2) is 26.7 Å². The number of nitrogens with zero attached hydrogens (tertiary/aromatic N) is 3. The molecule has 0 aliphatic rings. The molecule has 0 aliphatic carbocycles. The summed E-state index contributed by atoms with van der Waals surface area (Å²) in [5, 5.41) is 18.3. The lowest BCUT2D eigenvalue weighted by Crippen LogP contribution is -2.05. The number of hydrogen-bond donors (Lipinski definition) is 1. The summed E-state index contributed by atoms with van der Waals surface area (Å²) in [4.78, 5) is 0. The van der Waals surface area contributed by atoms with Gasteiger partial charge in [0.2, 0.25) is 0 Å². The second-order valence-electron chi connectivity index (χ2n) is 4.10. The third-order valence-electron chi connectivity index (χ3n) is 2.82. The Morgan fingerprint density at radius 1 is 1.50 bits per heavy atom. The van der Waals surface area contributed by atoms with Crippen LogP contribution >= 0.6 is 0 Å². The van der Waals surface area contributed by atoms with Crippen molar-refractivity contribution in [3.05, 3.63) is 23.1 Å². The van der Waals surface area contributed by atoms with Gasteiger partial charge in [0.1, 0.15) is 17.1 Å². The van der Waals surface area contributed by atoms with Crippen LogP contribution in [0.1, 0.15) is 30.2 Å². The highest BCUT2D eigenvalue weighted by Gasteiger charge is 2.23. The van der Waals surface area contributed by atoms with Crippen LogP contribution < -0.4 is 0 Å². The van der Waals surface area contributed by atoms with Gasteiger partial charge in [-0.2, -0.15) is 5.10 Å². The smallest absolute Gasteiger partial charge is 0.185 e. The van der Waals surface area contributed by atoms with Gasteiger partial charge in [-0.25, -0.2) is 0 Å². The molecule has 0 saturated heterocycles. The maximum absolute atomic E-state index is 10.0. The summed E-state index contributed by atoms with van der Waals surface area (Å²) in [6.45, 7) is 5.94. The SMILES string of the molecule is CCOC(O)c1c(-c2cc(C)on2)nn(C)c1C. The lowest BCUT2D eigenvalue weighted by molar-refractivity contribution is -0.0980. The van der Waals surface area contributed by atoms with Gasteiger partial charge < -0.3 is 14.4 Å². The Morgan fingerprint density at radius 3 is 2.78 bits per heavy atom. The second-order valence-corrected chi connectivity index (χ2v) is 4.10. The quantitative estimate of drug-likeness (QED) is 0.837. The van der Waals surface area contributed by atoms with E-state index in [1.165, 1.54) is 0 Å². The Kier molecular flexibility index (Phi) is 3.49. The molecular weight excluding hydrogens is 234 g/mol. The zero-order valence-corrected chi connectivity index (χ0v) is 11.0. The van der Waals surface area contributed by atoms with Gasteiger partial charge in [-0.1, -0.05) is 5.16 Å². The molecule has 18 heavy (non-hydrogen) atoms. The first kappa shape index (κ1) is 12.8. The fourth-order valence-electron chi connectivity index (χ4n) is 1.83. The topological polar surface area (TPSA) is 73.3 Å². The number of aryl methyl sites for hydroxylation is 2. The Labute approximate surface area is 105 Å². The van der Waals surface area contributed by atoms with Gasteiger partial charge >= 0.3 is 0 Å². The molecule has 0 spiro atoms. The number of aliphatic hydroxyl groups is 1. The monoisotopic (exact) mass is 251 g/mol. The molecule has 0 fully saturated rings. The molecule has 0 radical (unpaired) electrons. The zero-order valence-electron chi connectivity index (χ0n) is 11.0. The minimum Gasteiger partial charge on any atom is -0.364 e. The Bertz CT molecular complexity index is 545. The second kappa shape index (κ2) is 4.91. The van der Waals surface area contributed by atoms with E-state index in [0.29, 0.717) is 29.3 Å². The standard InChI is InChI=1S/C12H17N3O3/c1-5-17-12(16)10-8(3)15(4)13-11(10)9-6-7(2)18-14-9/h6,12,16H,5H2,1-4H3. The molecular formula is C12H17N3O3. The van der Waals surface area contributed by atoms with Crippen molar-refractivity contribution in [2.75, 3.05) is 6.61 Å². The molecule has 6 heteroatoms. The predicted octanol–water partition coefficient (Wildman–Crippen LogP) is 1.72. The van der Waals surface area contributed by atoms with Gasteiger partial charge in [-0.15, -0.1) is 0 Å². The first-order chi connectivity index (χ1) is 8.54. The molecule has 0 aliphatic heterocycles. The molecule has 1 unspecified atom stereocenters. The molecule has 6 nitrogen and oxygen atoms in total. The van der Waals surface area contributed by atoms with Crippen LogP contribution in [0.2, 0.25) is 0 Å². The van der Waals surface area contributed by atoms with Crippen molar-refractivity contribution >= 4 is 0 Å². The maximum Gasteiger partial charge on any atom is 0.185 e. The van der Waals surface area contributed by atoms with E-state index in [1.54, 1.807) is 10.7 Å². The van der Waals surface area contributed by atoms with Gasteiger partial charge in [0.25, 0.3) is 0 Å². The average molecular weight is 251 g/mol. The summed E-state index contributed by atoms with van der Waals surface area (Å²) in [5.74, 6) is 0.699. The Morgan fingerprint density at radius 2 is 2.22 bits per heavy atom. The lowest BCUT2D eigenvalue weighted by atomic mass is 10.1. The first-order valence-corrected chi connectivity index (χ1v) is 5.81. The number of rotatable bonds is 4. The van der Waals surface area contributed by atoms with Crippen LogP contribution in [0.15, 0.2) is 10.6 Å². The molecule has 98 valence electrons. The van der Waals surface area contributed by atoms with Gasteiger partial charge in [0, 0.05) is 25.4 Å². The van der Waals surface area contributed by atoms with Gasteiger partial charge in [0.15, 0.2) is 6.29 Å². The van der Waals surface area contributed by atoms with Crippen LogP contribution in [0.3, 0.4) is 0 Å². The van der Waals surface area contributed by atoms with Gasteiger partial charge in [-0.05, 0) is 20.8 Å². The van der Waals surface area contributed by atoms with E-state index in [-0.39, 0.29) is 0 Å². The number of hydrogen-bond acceptors (Lipinski definition) is 5. The third kappa shape index (κ3) is 2.16. The van der Waals surface area contributed by atoms with Crippen molar-refractivity contribution in [1.29, 1.82) is 0 Å². The molecule has 0 aromatic carbocycles. The molecule has 0 bridgehead atoms. The van der Waals surface area contributed by atoms with Crippen LogP contribution in [-0.2, 0) is 11.8 Å². The fraction of sp³-hybridized carbons (Fsp3) is 0.500. The van der Waals surface area contributed by atoms with Crippen LogP contribution in [0.25, 0.3) is 11.4 Å². The summed E-state index contributed by atoms with van der Waals surface area (Å²) in [5.41, 5.74) is 2.66. The van der Waals surface area contributed by atoms with E-state index in [0.717, 1.165) is 5.69 Å². The molecule has 1 N–H and O–H groups in total. The number of aromatic nitrogens is 3. The van der Waals surface area contributed by atoms with Crippen LogP contribution in [0, 0.1) is 13.8 Å². The molecule has 2 aromatic rings. The fourth-order valence-corrected chi connectivity index (χ4v) is 1.83. The van der Waals surface area contributed by atoms with Crippen molar-refractivity contribution < 1.29 is 14.4 Å².